The van der Waals surface area contributed by atoms with E-state index in [9.17, 15) is 35.1 Å². The summed E-state index contributed by atoms with van der Waals surface area (Å²) in [6.07, 6.45) is 64.2. The van der Waals surface area contributed by atoms with Gasteiger partial charge in [-0.2, -0.15) is 0 Å². The highest BCUT2D eigenvalue weighted by atomic mass is 16.7. The first kappa shape index (κ1) is 75.9. The van der Waals surface area contributed by atoms with Crippen LogP contribution in [0.25, 0.3) is 0 Å². The molecule has 0 saturated carbocycles. The maximum Gasteiger partial charge on any atom is 0.305 e. The van der Waals surface area contributed by atoms with E-state index in [0.29, 0.717) is 19.4 Å². The summed E-state index contributed by atoms with van der Waals surface area (Å²) in [5.41, 5.74) is 0. The van der Waals surface area contributed by atoms with Crippen LogP contribution in [-0.4, -0.2) is 100 Å². The van der Waals surface area contributed by atoms with Gasteiger partial charge >= 0.3 is 5.97 Å². The van der Waals surface area contributed by atoms with Gasteiger partial charge in [0.25, 0.3) is 0 Å². The molecule has 1 heterocycles. The largest absolute Gasteiger partial charge is 0.466 e. The van der Waals surface area contributed by atoms with Crippen LogP contribution in [0, 0.1) is 0 Å². The minimum Gasteiger partial charge on any atom is -0.466 e. The van der Waals surface area contributed by atoms with E-state index in [0.717, 1.165) is 64.2 Å². The lowest BCUT2D eigenvalue weighted by Crippen LogP contribution is -2.60. The predicted octanol–water partition coefficient (Wildman–Crippen LogP) is 17.0. The van der Waals surface area contributed by atoms with Gasteiger partial charge in [0.15, 0.2) is 6.29 Å². The van der Waals surface area contributed by atoms with Crippen molar-refractivity contribution in [2.45, 2.75) is 371 Å². The number of amides is 1. The SMILES string of the molecule is CCCCC/C=C\C/C=C\CCCCCCCCCC(=O)OCCCCCCCCCCCCCCCCCCCCCCCCCCCCC(=O)NC(COC1OC(CO)C(O)C(O)C1O)C(O)/C=C/CCCCCCCCC. The molecular weight excluding hydrogens is 1000 g/mol. The number of aliphatic hydroxyl groups excluding tert-OH is 5. The topological polar surface area (TPSA) is 175 Å². The fourth-order valence-corrected chi connectivity index (χ4v) is 10.8. The van der Waals surface area contributed by atoms with Crippen molar-refractivity contribution >= 4 is 11.9 Å². The summed E-state index contributed by atoms with van der Waals surface area (Å²) >= 11 is 0. The molecule has 1 saturated heterocycles. The normalized spacial score (nSPS) is 18.5. The van der Waals surface area contributed by atoms with Crippen molar-refractivity contribution in [3.8, 4) is 0 Å². The van der Waals surface area contributed by atoms with E-state index >= 15 is 0 Å². The van der Waals surface area contributed by atoms with Crippen LogP contribution in [0.5, 0.6) is 0 Å². The molecule has 80 heavy (non-hydrogen) atoms. The molecule has 11 heteroatoms. The van der Waals surface area contributed by atoms with Crippen LogP contribution in [-0.2, 0) is 23.8 Å². The molecule has 1 aliphatic rings. The first-order valence-electron chi connectivity index (χ1n) is 34.3. The number of aliphatic hydroxyl groups is 5. The predicted molar refractivity (Wildman–Crippen MR) is 334 cm³/mol. The van der Waals surface area contributed by atoms with Crippen molar-refractivity contribution in [3.63, 3.8) is 0 Å². The fourth-order valence-electron chi connectivity index (χ4n) is 10.8. The second kappa shape index (κ2) is 58.6. The molecule has 1 fully saturated rings. The number of carbonyl (C=O) groups is 2. The van der Waals surface area contributed by atoms with Gasteiger partial charge in [-0.1, -0.05) is 288 Å². The molecule has 0 aromatic carbocycles. The van der Waals surface area contributed by atoms with Crippen molar-refractivity contribution < 1.29 is 49.3 Å². The van der Waals surface area contributed by atoms with E-state index < -0.39 is 49.5 Å². The number of hydrogen-bond donors (Lipinski definition) is 6. The molecule has 0 radical (unpaired) electrons. The molecule has 0 aromatic heterocycles. The number of unbranched alkanes of at least 4 members (excludes halogenated alkanes) is 42. The van der Waals surface area contributed by atoms with Crippen LogP contribution in [0.4, 0.5) is 0 Å². The van der Waals surface area contributed by atoms with Crippen LogP contribution < -0.4 is 5.32 Å². The van der Waals surface area contributed by atoms with E-state index in [1.165, 1.54) is 238 Å². The maximum atomic E-state index is 13.0. The van der Waals surface area contributed by atoms with Crippen molar-refractivity contribution in [2.24, 2.45) is 0 Å². The number of hydrogen-bond acceptors (Lipinski definition) is 10. The zero-order valence-corrected chi connectivity index (χ0v) is 52.1. The maximum absolute atomic E-state index is 13.0. The summed E-state index contributed by atoms with van der Waals surface area (Å²) in [7, 11) is 0. The van der Waals surface area contributed by atoms with Gasteiger partial charge in [0.2, 0.25) is 5.91 Å². The van der Waals surface area contributed by atoms with E-state index in [-0.39, 0.29) is 18.5 Å². The Morgan fingerprint density at radius 2 is 0.838 bits per heavy atom. The van der Waals surface area contributed by atoms with Gasteiger partial charge in [-0.05, 0) is 64.2 Å². The molecule has 0 bridgehead atoms. The highest BCUT2D eigenvalue weighted by molar-refractivity contribution is 5.76. The smallest absolute Gasteiger partial charge is 0.305 e. The Morgan fingerprint density at radius 1 is 0.463 bits per heavy atom. The highest BCUT2D eigenvalue weighted by Crippen LogP contribution is 2.23. The zero-order valence-electron chi connectivity index (χ0n) is 52.1. The average molecular weight is 1130 g/mol. The Balaban J connectivity index is 1.92. The Hall–Kier alpha value is -2.12. The Labute approximate surface area is 492 Å². The Bertz CT molecular complexity index is 1420. The van der Waals surface area contributed by atoms with Crippen LogP contribution in [0.3, 0.4) is 0 Å². The molecule has 7 unspecified atom stereocenters. The number of carbonyl (C=O) groups excluding carboxylic acids is 2. The molecule has 470 valence electrons. The third-order valence-corrected chi connectivity index (χ3v) is 16.2. The summed E-state index contributed by atoms with van der Waals surface area (Å²) in [4.78, 5) is 25.1. The van der Waals surface area contributed by atoms with E-state index in [4.69, 9.17) is 14.2 Å². The second-order valence-corrected chi connectivity index (χ2v) is 23.9. The van der Waals surface area contributed by atoms with Crippen molar-refractivity contribution in [3.05, 3.63) is 36.5 Å². The lowest BCUT2D eigenvalue weighted by Gasteiger charge is -2.40. The monoisotopic (exact) mass is 1130 g/mol. The third kappa shape index (κ3) is 47.3. The van der Waals surface area contributed by atoms with Crippen molar-refractivity contribution in [1.82, 2.24) is 5.32 Å². The van der Waals surface area contributed by atoms with Gasteiger partial charge in [0.05, 0.1) is 32.0 Å². The minimum atomic E-state index is -1.57. The average Bonchev–Trinajstić information content (AvgIpc) is 3.46. The summed E-state index contributed by atoms with van der Waals surface area (Å²) in [6, 6.07) is -0.807. The minimum absolute atomic E-state index is 0.000414. The molecule has 1 aliphatic heterocycles. The first-order chi connectivity index (χ1) is 39.2. The summed E-state index contributed by atoms with van der Waals surface area (Å²) < 4.78 is 16.7. The zero-order chi connectivity index (χ0) is 58.0. The van der Waals surface area contributed by atoms with Gasteiger partial charge in [-0.3, -0.25) is 9.59 Å². The lowest BCUT2D eigenvalue weighted by atomic mass is 9.99. The summed E-state index contributed by atoms with van der Waals surface area (Å²) in [5, 5.41) is 54.3. The second-order valence-electron chi connectivity index (χ2n) is 23.9. The summed E-state index contributed by atoms with van der Waals surface area (Å²) in [5.74, 6) is -0.181. The number of rotatable bonds is 60. The summed E-state index contributed by atoms with van der Waals surface area (Å²) in [6.45, 7) is 4.31. The van der Waals surface area contributed by atoms with Crippen molar-refractivity contribution in [1.29, 1.82) is 0 Å². The van der Waals surface area contributed by atoms with Gasteiger partial charge in [-0.25, -0.2) is 0 Å². The fraction of sp³-hybridized carbons (Fsp3) is 0.884. The van der Waals surface area contributed by atoms with E-state index in [1.807, 2.05) is 6.08 Å². The molecule has 1 amide bonds. The Kier molecular flexibility index (Phi) is 55.6. The third-order valence-electron chi connectivity index (χ3n) is 16.2. The highest BCUT2D eigenvalue weighted by Gasteiger charge is 2.44. The van der Waals surface area contributed by atoms with E-state index in [2.05, 4.69) is 43.5 Å². The van der Waals surface area contributed by atoms with Crippen molar-refractivity contribution in [2.75, 3.05) is 19.8 Å². The van der Waals surface area contributed by atoms with Crippen LogP contribution >= 0.6 is 0 Å². The van der Waals surface area contributed by atoms with Crippen LogP contribution in [0.2, 0.25) is 0 Å². The van der Waals surface area contributed by atoms with E-state index in [1.54, 1.807) is 6.08 Å². The van der Waals surface area contributed by atoms with Gasteiger partial charge in [-0.15, -0.1) is 0 Å². The molecule has 7 atom stereocenters. The molecular formula is C69H129NO10. The van der Waals surface area contributed by atoms with Crippen LogP contribution in [0.15, 0.2) is 36.5 Å². The number of allylic oxidation sites excluding steroid dienone is 5. The number of esters is 1. The Morgan fingerprint density at radius 3 is 1.29 bits per heavy atom. The first-order valence-corrected chi connectivity index (χ1v) is 34.3. The standard InChI is InChI=1S/C69H129NO10/c1-3-5-7-9-11-13-14-15-16-27-31-34-37-41-45-49-53-57-65(74)78-58-54-50-46-42-38-35-32-29-26-24-22-20-18-17-19-21-23-25-28-30-33-36-40-44-48-52-56-64(73)70-61(62(72)55-51-47-43-39-12-10-8-6-4-2)60-79-69-68(77)67(76)66(75)63(59-71)80-69/h11,13,15-16,51,55,61-63,66-69,71-72,75-77H,3-10,12,14,17-50,52-54,56-60H2,1-2H3,(H,70,73)/b13-11-,16-15-,55-51+. The molecule has 1 rings (SSSR count). The molecule has 0 aliphatic carbocycles. The van der Waals surface area contributed by atoms with Gasteiger partial charge in [0.1, 0.15) is 24.4 Å². The molecule has 6 N–H and O–H groups in total. The number of ether oxygens (including phenoxy) is 3. The van der Waals surface area contributed by atoms with Gasteiger partial charge < -0.3 is 45.1 Å². The quantitative estimate of drug-likeness (QED) is 0.0195. The number of nitrogens with one attached hydrogen (secondary N) is 1. The molecule has 0 aromatic rings. The molecule has 0 spiro atoms. The van der Waals surface area contributed by atoms with Gasteiger partial charge in [0, 0.05) is 12.8 Å². The lowest BCUT2D eigenvalue weighted by molar-refractivity contribution is -0.302. The van der Waals surface area contributed by atoms with Crippen LogP contribution in [0.1, 0.15) is 328 Å². The molecule has 11 nitrogen and oxygen atoms in total.